The quantitative estimate of drug-likeness (QED) is 0.487. The number of amidine groups is 1. The molecule has 0 saturated heterocycles. The second-order valence-electron chi connectivity index (χ2n) is 7.12. The molecule has 0 atom stereocenters. The molecule has 1 aliphatic rings. The lowest BCUT2D eigenvalue weighted by molar-refractivity contribution is -0.112. The first kappa shape index (κ1) is 20.7. The van der Waals surface area contributed by atoms with Crippen LogP contribution < -0.4 is 10.6 Å². The Balaban J connectivity index is 1.68. The van der Waals surface area contributed by atoms with Gasteiger partial charge in [0.1, 0.15) is 23.3 Å². The number of nitrogens with one attached hydrogen (secondary N) is 2. The third-order valence-corrected chi connectivity index (χ3v) is 4.88. The smallest absolute Gasteiger partial charge is 0.268 e. The number of halogens is 1. The summed E-state index contributed by atoms with van der Waals surface area (Å²) in [5, 5.41) is 15.0. The van der Waals surface area contributed by atoms with Gasteiger partial charge in [0.25, 0.3) is 11.8 Å². The van der Waals surface area contributed by atoms with E-state index < -0.39 is 11.7 Å². The van der Waals surface area contributed by atoms with Gasteiger partial charge >= 0.3 is 0 Å². The summed E-state index contributed by atoms with van der Waals surface area (Å²) >= 11 is 0. The number of fused-ring (bicyclic) bond motifs is 1. The molecule has 1 aliphatic heterocycles. The van der Waals surface area contributed by atoms with E-state index >= 15 is 0 Å². The lowest BCUT2D eigenvalue weighted by Gasteiger charge is -2.06. The van der Waals surface area contributed by atoms with Crippen molar-refractivity contribution < 1.29 is 14.0 Å². The molecule has 1 heterocycles. The Morgan fingerprint density at radius 3 is 2.22 bits per heavy atom. The van der Waals surface area contributed by atoms with Gasteiger partial charge in [0, 0.05) is 22.4 Å². The number of aryl methyl sites for hydroxylation is 1. The number of aliphatic imine (C=N–C) groups is 1. The molecule has 0 spiro atoms. The molecule has 3 aromatic carbocycles. The van der Waals surface area contributed by atoms with E-state index in [9.17, 15) is 19.2 Å². The summed E-state index contributed by atoms with van der Waals surface area (Å²) in [6, 6.07) is 21.2. The highest BCUT2D eigenvalue weighted by Gasteiger charge is 2.27. The van der Waals surface area contributed by atoms with Crippen molar-refractivity contribution in [2.24, 2.45) is 4.99 Å². The third kappa shape index (κ3) is 4.16. The maximum absolute atomic E-state index is 13.1. The van der Waals surface area contributed by atoms with Crippen molar-refractivity contribution in [2.45, 2.75) is 6.92 Å². The summed E-state index contributed by atoms with van der Waals surface area (Å²) in [5.41, 5.74) is 2.92. The molecule has 0 aliphatic carbocycles. The molecule has 156 valence electrons. The van der Waals surface area contributed by atoms with Crippen molar-refractivity contribution >= 4 is 29.0 Å². The molecule has 32 heavy (non-hydrogen) atoms. The van der Waals surface area contributed by atoms with Crippen molar-refractivity contribution in [2.75, 3.05) is 5.32 Å². The molecule has 0 radical (unpaired) electrons. The second-order valence-corrected chi connectivity index (χ2v) is 7.12. The van der Waals surface area contributed by atoms with Crippen LogP contribution in [0.3, 0.4) is 0 Å². The van der Waals surface area contributed by atoms with Crippen LogP contribution in [0.4, 0.5) is 10.1 Å². The van der Waals surface area contributed by atoms with Crippen LogP contribution in [-0.2, 0) is 4.79 Å². The predicted molar refractivity (Wildman–Crippen MR) is 119 cm³/mol. The molecule has 0 bridgehead atoms. The van der Waals surface area contributed by atoms with Gasteiger partial charge in [0.05, 0.1) is 5.70 Å². The van der Waals surface area contributed by atoms with Crippen LogP contribution in [0.15, 0.2) is 83.4 Å². The minimum absolute atomic E-state index is 0.155. The molecule has 6 nitrogen and oxygen atoms in total. The van der Waals surface area contributed by atoms with Crippen LogP contribution in [0.5, 0.6) is 0 Å². The van der Waals surface area contributed by atoms with Crippen LogP contribution in [0.1, 0.15) is 27.0 Å². The SMILES string of the molecule is Cc1ccc(C(=O)NC2=N/C(=C(/C#N)C(=O)Nc3ccc(F)cc3)c3ccccc32)cc1. The van der Waals surface area contributed by atoms with E-state index in [0.29, 0.717) is 22.4 Å². The minimum atomic E-state index is -0.682. The molecule has 2 N–H and O–H groups in total. The monoisotopic (exact) mass is 424 g/mol. The first-order valence-corrected chi connectivity index (χ1v) is 9.74. The van der Waals surface area contributed by atoms with Crippen LogP contribution in [0, 0.1) is 24.1 Å². The molecule has 0 fully saturated rings. The van der Waals surface area contributed by atoms with Crippen LogP contribution >= 0.6 is 0 Å². The van der Waals surface area contributed by atoms with Gasteiger partial charge in [-0.1, -0.05) is 42.0 Å². The lowest BCUT2D eigenvalue weighted by atomic mass is 10.0. The molecular formula is C25H17FN4O2. The topological polar surface area (TPSA) is 94.3 Å². The summed E-state index contributed by atoms with van der Waals surface area (Å²) in [6.45, 7) is 1.93. The zero-order valence-corrected chi connectivity index (χ0v) is 17.0. The first-order valence-electron chi connectivity index (χ1n) is 9.74. The fraction of sp³-hybridized carbons (Fsp3) is 0.0400. The Bertz CT molecular complexity index is 1320. The normalized spacial score (nSPS) is 13.5. The average molecular weight is 424 g/mol. The molecule has 3 aromatic rings. The maximum Gasteiger partial charge on any atom is 0.268 e. The number of hydrogen-bond donors (Lipinski definition) is 2. The van der Waals surface area contributed by atoms with Crippen molar-refractivity contribution in [3.8, 4) is 6.07 Å². The number of carbonyl (C=O) groups excluding carboxylic acids is 2. The third-order valence-electron chi connectivity index (χ3n) is 4.88. The number of rotatable bonds is 3. The highest BCUT2D eigenvalue weighted by molar-refractivity contribution is 6.21. The van der Waals surface area contributed by atoms with Crippen LogP contribution in [0.25, 0.3) is 5.70 Å². The van der Waals surface area contributed by atoms with Gasteiger partial charge in [-0.3, -0.25) is 9.59 Å². The Labute approximate surface area is 183 Å². The number of amides is 2. The number of carbonyl (C=O) groups is 2. The summed E-state index contributed by atoms with van der Waals surface area (Å²) in [7, 11) is 0. The standard InChI is InChI=1S/C25H17FN4O2/c1-15-6-8-16(9-7-15)24(31)30-23-20-5-3-2-4-19(20)22(29-23)21(14-27)25(32)28-18-12-10-17(26)11-13-18/h2-13H,1H3,(H,28,32)(H,29,30,31)/b22-21-. The number of nitrogens with zero attached hydrogens (tertiary/aromatic N) is 2. The minimum Gasteiger partial charge on any atom is -0.321 e. The van der Waals surface area contributed by atoms with Crippen molar-refractivity contribution in [1.82, 2.24) is 5.32 Å². The van der Waals surface area contributed by atoms with Gasteiger partial charge in [-0.15, -0.1) is 0 Å². The van der Waals surface area contributed by atoms with Gasteiger partial charge in [0.2, 0.25) is 0 Å². The summed E-state index contributed by atoms with van der Waals surface area (Å²) in [5.74, 6) is -1.22. The molecule has 0 unspecified atom stereocenters. The molecule has 0 aromatic heterocycles. The Hall–Kier alpha value is -4.57. The number of nitriles is 1. The van der Waals surface area contributed by atoms with E-state index in [2.05, 4.69) is 15.6 Å². The van der Waals surface area contributed by atoms with Gasteiger partial charge in [-0.25, -0.2) is 9.38 Å². The average Bonchev–Trinajstić information content (AvgIpc) is 3.14. The van der Waals surface area contributed by atoms with E-state index in [1.165, 1.54) is 24.3 Å². The lowest BCUT2D eigenvalue weighted by Crippen LogP contribution is -2.30. The van der Waals surface area contributed by atoms with E-state index in [0.717, 1.165) is 5.56 Å². The molecular weight excluding hydrogens is 407 g/mol. The largest absolute Gasteiger partial charge is 0.321 e. The molecule has 7 heteroatoms. The fourth-order valence-corrected chi connectivity index (χ4v) is 3.24. The van der Waals surface area contributed by atoms with Crippen LogP contribution in [0.2, 0.25) is 0 Å². The number of benzene rings is 3. The summed E-state index contributed by atoms with van der Waals surface area (Å²) in [6.07, 6.45) is 0. The van der Waals surface area contributed by atoms with Gasteiger partial charge in [-0.05, 0) is 43.3 Å². The Kier molecular flexibility index (Phi) is 5.60. The van der Waals surface area contributed by atoms with Crippen LogP contribution in [-0.4, -0.2) is 17.6 Å². The molecule has 0 saturated carbocycles. The van der Waals surface area contributed by atoms with E-state index in [-0.39, 0.29) is 23.0 Å². The van der Waals surface area contributed by atoms with Gasteiger partial charge in [-0.2, -0.15) is 5.26 Å². The highest BCUT2D eigenvalue weighted by atomic mass is 19.1. The summed E-state index contributed by atoms with van der Waals surface area (Å²) < 4.78 is 13.1. The Morgan fingerprint density at radius 2 is 1.56 bits per heavy atom. The summed E-state index contributed by atoms with van der Waals surface area (Å²) in [4.78, 5) is 29.9. The first-order chi connectivity index (χ1) is 15.5. The van der Waals surface area contributed by atoms with Crippen molar-refractivity contribution in [3.05, 3.63) is 106 Å². The van der Waals surface area contributed by atoms with Gasteiger partial charge in [0.15, 0.2) is 0 Å². The highest BCUT2D eigenvalue weighted by Crippen LogP contribution is 2.31. The van der Waals surface area contributed by atoms with Crippen molar-refractivity contribution in [1.29, 1.82) is 5.26 Å². The van der Waals surface area contributed by atoms with E-state index in [1.807, 2.05) is 25.1 Å². The van der Waals surface area contributed by atoms with Gasteiger partial charge < -0.3 is 10.6 Å². The number of anilines is 1. The van der Waals surface area contributed by atoms with E-state index in [1.54, 1.807) is 36.4 Å². The van der Waals surface area contributed by atoms with E-state index in [4.69, 9.17) is 0 Å². The zero-order valence-electron chi connectivity index (χ0n) is 17.0. The van der Waals surface area contributed by atoms with Crippen molar-refractivity contribution in [3.63, 3.8) is 0 Å². The molecule has 2 amide bonds. The predicted octanol–water partition coefficient (Wildman–Crippen LogP) is 4.20. The zero-order chi connectivity index (χ0) is 22.7. The second kappa shape index (κ2) is 8.66. The Morgan fingerprint density at radius 1 is 0.906 bits per heavy atom. The fourth-order valence-electron chi connectivity index (χ4n) is 3.24. The maximum atomic E-state index is 13.1. The number of hydrogen-bond acceptors (Lipinski definition) is 4. The molecule has 4 rings (SSSR count).